The van der Waals surface area contributed by atoms with Crippen molar-refractivity contribution >= 4 is 12.3 Å². The summed E-state index contributed by atoms with van der Waals surface area (Å²) in [5.74, 6) is 0. The summed E-state index contributed by atoms with van der Waals surface area (Å²) in [6, 6.07) is 0. The third-order valence-corrected chi connectivity index (χ3v) is 2.63. The minimum absolute atomic E-state index is 0.344. The second kappa shape index (κ2) is 20.0. The highest BCUT2D eigenvalue weighted by molar-refractivity contribution is 5.73. The lowest BCUT2D eigenvalue weighted by Crippen LogP contribution is -2.33. The van der Waals surface area contributed by atoms with Gasteiger partial charge >= 0.3 is 6.09 Å². The first-order valence-electron chi connectivity index (χ1n) is 9.44. The first kappa shape index (κ1) is 29.5. The van der Waals surface area contributed by atoms with Crippen molar-refractivity contribution in [2.75, 3.05) is 6.54 Å². The zero-order valence-electron chi connectivity index (χ0n) is 18.5. The van der Waals surface area contributed by atoms with Crippen molar-refractivity contribution in [3.63, 3.8) is 0 Å². The number of hydrogen-bond donors (Lipinski definition) is 2. The second-order valence-corrected chi connectivity index (χ2v) is 6.17. The highest BCUT2D eigenvalue weighted by atomic mass is 16.6. The summed E-state index contributed by atoms with van der Waals surface area (Å²) in [5.41, 5.74) is 1.09. The van der Waals surface area contributed by atoms with Crippen LogP contribution in [0, 0.1) is 0 Å². The van der Waals surface area contributed by atoms with Gasteiger partial charge in [0.1, 0.15) is 11.9 Å². The SMILES string of the molecule is C/C=C(C)/C=C/C=N/C(=C\O)CCNC(=O)OC(C)(C)C.C=CCC.CC. The first-order valence-corrected chi connectivity index (χ1v) is 9.44. The summed E-state index contributed by atoms with van der Waals surface area (Å²) < 4.78 is 5.10. The van der Waals surface area contributed by atoms with Gasteiger partial charge in [-0.1, -0.05) is 44.6 Å². The van der Waals surface area contributed by atoms with E-state index in [0.29, 0.717) is 18.7 Å². The lowest BCUT2D eigenvalue weighted by Gasteiger charge is -2.19. The van der Waals surface area contributed by atoms with Gasteiger partial charge in [-0.05, 0) is 47.1 Å². The average Bonchev–Trinajstić information content (AvgIpc) is 2.63. The molecule has 0 aliphatic heterocycles. The van der Waals surface area contributed by atoms with Gasteiger partial charge in [0, 0.05) is 19.2 Å². The van der Waals surface area contributed by atoms with Gasteiger partial charge in [-0.3, -0.25) is 4.99 Å². The van der Waals surface area contributed by atoms with E-state index in [-0.39, 0.29) is 0 Å². The van der Waals surface area contributed by atoms with Crippen LogP contribution in [0.25, 0.3) is 0 Å². The Balaban J connectivity index is -0.000000841. The predicted molar refractivity (Wildman–Crippen MR) is 118 cm³/mol. The molecule has 5 nitrogen and oxygen atoms in total. The van der Waals surface area contributed by atoms with E-state index in [1.165, 1.54) is 0 Å². The number of nitrogens with one attached hydrogen (secondary N) is 1. The van der Waals surface area contributed by atoms with Crippen LogP contribution in [0.4, 0.5) is 4.79 Å². The summed E-state index contributed by atoms with van der Waals surface area (Å²) in [6.45, 7) is 19.2. The Bertz CT molecular complexity index is 496. The van der Waals surface area contributed by atoms with Gasteiger partial charge in [-0.25, -0.2) is 4.79 Å². The molecule has 0 saturated carbocycles. The molecule has 0 saturated heterocycles. The smallest absolute Gasteiger partial charge is 0.407 e. The van der Waals surface area contributed by atoms with Crippen LogP contribution >= 0.6 is 0 Å². The normalized spacial score (nSPS) is 12.0. The molecule has 0 aliphatic carbocycles. The van der Waals surface area contributed by atoms with E-state index in [1.54, 1.807) is 33.1 Å². The fourth-order valence-electron chi connectivity index (χ4n) is 1.20. The van der Waals surface area contributed by atoms with Gasteiger partial charge in [0.05, 0.1) is 5.70 Å². The molecule has 0 fully saturated rings. The molecule has 156 valence electrons. The number of hydrogen-bond acceptors (Lipinski definition) is 4. The van der Waals surface area contributed by atoms with Crippen molar-refractivity contribution in [1.29, 1.82) is 0 Å². The Labute approximate surface area is 166 Å². The molecule has 0 heterocycles. The molecular formula is C22H40N2O3. The number of aliphatic hydroxyl groups excluding tert-OH is 1. The fourth-order valence-corrected chi connectivity index (χ4v) is 1.20. The molecule has 0 unspecified atom stereocenters. The monoisotopic (exact) mass is 380 g/mol. The highest BCUT2D eigenvalue weighted by Crippen LogP contribution is 2.07. The molecule has 0 radical (unpaired) electrons. The molecule has 5 heteroatoms. The van der Waals surface area contributed by atoms with Gasteiger partial charge in [0.2, 0.25) is 0 Å². The quantitative estimate of drug-likeness (QED) is 0.229. The number of carbonyl (C=O) groups excluding carboxylic acids is 1. The number of carbonyl (C=O) groups is 1. The van der Waals surface area contributed by atoms with Crippen LogP contribution in [0.5, 0.6) is 0 Å². The Morgan fingerprint density at radius 2 is 1.85 bits per heavy atom. The van der Waals surface area contributed by atoms with Gasteiger partial charge in [-0.2, -0.15) is 0 Å². The van der Waals surface area contributed by atoms with E-state index in [9.17, 15) is 4.79 Å². The van der Waals surface area contributed by atoms with Crippen LogP contribution in [0.1, 0.15) is 68.2 Å². The third kappa shape index (κ3) is 26.0. The molecule has 0 bridgehead atoms. The first-order chi connectivity index (χ1) is 12.7. The average molecular weight is 381 g/mol. The fraction of sp³-hybridized carbons (Fsp3) is 0.545. The lowest BCUT2D eigenvalue weighted by molar-refractivity contribution is 0.0528. The van der Waals surface area contributed by atoms with E-state index in [4.69, 9.17) is 9.84 Å². The van der Waals surface area contributed by atoms with Gasteiger partial charge < -0.3 is 15.2 Å². The molecule has 0 aromatic rings. The molecule has 0 aromatic heterocycles. The molecule has 27 heavy (non-hydrogen) atoms. The summed E-state index contributed by atoms with van der Waals surface area (Å²) in [4.78, 5) is 15.5. The van der Waals surface area contributed by atoms with Gasteiger partial charge in [0.25, 0.3) is 0 Å². The summed E-state index contributed by atoms with van der Waals surface area (Å²) in [6.07, 6.45) is 11.1. The zero-order chi connectivity index (χ0) is 21.7. The molecule has 0 atom stereocenters. The topological polar surface area (TPSA) is 70.9 Å². The Hall–Kier alpha value is -2.30. The number of nitrogens with zero attached hydrogens (tertiary/aromatic N) is 1. The largest absolute Gasteiger partial charge is 0.514 e. The van der Waals surface area contributed by atoms with Crippen LogP contribution in [-0.4, -0.2) is 29.6 Å². The summed E-state index contributed by atoms with van der Waals surface area (Å²) in [5, 5.41) is 11.7. The van der Waals surface area contributed by atoms with Crippen LogP contribution in [0.15, 0.2) is 53.4 Å². The number of ether oxygens (including phenoxy) is 1. The number of rotatable bonds is 7. The predicted octanol–water partition coefficient (Wildman–Crippen LogP) is 6.50. The van der Waals surface area contributed by atoms with Gasteiger partial charge in [0.15, 0.2) is 0 Å². The Morgan fingerprint density at radius 3 is 2.26 bits per heavy atom. The van der Waals surface area contributed by atoms with Crippen molar-refractivity contribution in [3.05, 3.63) is 48.4 Å². The summed E-state index contributed by atoms with van der Waals surface area (Å²) >= 11 is 0. The molecule has 2 N–H and O–H groups in total. The second-order valence-electron chi connectivity index (χ2n) is 6.17. The molecule has 0 spiro atoms. The van der Waals surface area contributed by atoms with Crippen LogP contribution < -0.4 is 5.32 Å². The zero-order valence-corrected chi connectivity index (χ0v) is 18.5. The number of amides is 1. The number of aliphatic hydroxyl groups is 1. The minimum atomic E-state index is -0.521. The van der Waals surface area contributed by atoms with E-state index in [2.05, 4.69) is 23.8 Å². The van der Waals surface area contributed by atoms with Crippen molar-refractivity contribution < 1.29 is 14.6 Å². The van der Waals surface area contributed by atoms with Crippen LogP contribution in [-0.2, 0) is 4.74 Å². The molecular weight excluding hydrogens is 340 g/mol. The maximum Gasteiger partial charge on any atom is 0.407 e. The van der Waals surface area contributed by atoms with E-state index >= 15 is 0 Å². The Kier molecular flexibility index (Phi) is 21.8. The lowest BCUT2D eigenvalue weighted by atomic mass is 10.2. The van der Waals surface area contributed by atoms with E-state index < -0.39 is 11.7 Å². The highest BCUT2D eigenvalue weighted by Gasteiger charge is 2.15. The Morgan fingerprint density at radius 1 is 1.30 bits per heavy atom. The van der Waals surface area contributed by atoms with Crippen molar-refractivity contribution in [1.82, 2.24) is 5.32 Å². The van der Waals surface area contributed by atoms with Crippen molar-refractivity contribution in [2.24, 2.45) is 4.99 Å². The maximum absolute atomic E-state index is 11.4. The third-order valence-electron chi connectivity index (χ3n) is 2.63. The van der Waals surface area contributed by atoms with E-state index in [0.717, 1.165) is 18.3 Å². The molecule has 1 amide bonds. The molecule has 0 aliphatic rings. The van der Waals surface area contributed by atoms with Crippen molar-refractivity contribution in [3.8, 4) is 0 Å². The molecule has 0 aromatic carbocycles. The maximum atomic E-state index is 11.4. The summed E-state index contributed by atoms with van der Waals surface area (Å²) in [7, 11) is 0. The van der Waals surface area contributed by atoms with Crippen molar-refractivity contribution in [2.45, 2.75) is 73.8 Å². The van der Waals surface area contributed by atoms with Crippen LogP contribution in [0.2, 0.25) is 0 Å². The van der Waals surface area contributed by atoms with Crippen LogP contribution in [0.3, 0.4) is 0 Å². The number of aliphatic imine (C=N–C) groups is 1. The number of allylic oxidation sites excluding steroid dienone is 5. The minimum Gasteiger partial charge on any atom is -0.514 e. The number of alkyl carbamates (subject to hydrolysis) is 1. The van der Waals surface area contributed by atoms with Gasteiger partial charge in [-0.15, -0.1) is 6.58 Å². The molecule has 0 rings (SSSR count). The van der Waals surface area contributed by atoms with E-state index in [1.807, 2.05) is 45.9 Å². The standard InChI is InChI=1S/C16H26N2O3.C4H8.C2H6/c1-6-13(2)8-7-10-17-14(12-19)9-11-18-15(20)21-16(3,4)5;1-3-4-2;1-2/h6-8,10,12,19H,9,11H2,1-5H3,(H,18,20);3H,1,4H2,2H3;1-2H3/b8-7+,13-6+,14-12-,17-10+;;.